The largest absolute Gasteiger partial charge is 0.464 e. The second kappa shape index (κ2) is 4.94. The highest BCUT2D eigenvalue weighted by molar-refractivity contribution is 9.10. The highest BCUT2D eigenvalue weighted by atomic mass is 79.9. The third-order valence-corrected chi connectivity index (χ3v) is 2.41. The molecule has 5 nitrogen and oxygen atoms in total. The average molecular weight is 292 g/mol. The van der Waals surface area contributed by atoms with Crippen LogP contribution in [0.5, 0.6) is 0 Å². The Hall–Kier alpha value is -1.34. The van der Waals surface area contributed by atoms with E-state index >= 15 is 0 Å². The molecule has 15 heavy (non-hydrogen) atoms. The van der Waals surface area contributed by atoms with E-state index < -0.39 is 16.4 Å². The SMILES string of the molecule is O=C(O)N(C=S(=O)=O)c1ccc(Br)cc1. The van der Waals surface area contributed by atoms with Gasteiger partial charge < -0.3 is 5.11 Å². The minimum absolute atomic E-state index is 0.259. The van der Waals surface area contributed by atoms with Gasteiger partial charge in [-0.1, -0.05) is 15.9 Å². The zero-order chi connectivity index (χ0) is 11.4. The summed E-state index contributed by atoms with van der Waals surface area (Å²) < 4.78 is 21.5. The fourth-order valence-electron chi connectivity index (χ4n) is 0.904. The van der Waals surface area contributed by atoms with Crippen LogP contribution in [0.3, 0.4) is 0 Å². The Labute approximate surface area is 95.6 Å². The second-order valence-corrected chi connectivity index (χ2v) is 4.14. The Kier molecular flexibility index (Phi) is 3.87. The van der Waals surface area contributed by atoms with Gasteiger partial charge in [0.15, 0.2) is 0 Å². The smallest absolute Gasteiger partial charge is 0.416 e. The van der Waals surface area contributed by atoms with Crippen molar-refractivity contribution in [2.24, 2.45) is 0 Å². The molecule has 1 rings (SSSR count). The number of hydrogen-bond acceptors (Lipinski definition) is 3. The van der Waals surface area contributed by atoms with E-state index in [1.165, 1.54) is 12.1 Å². The molecule has 0 aliphatic carbocycles. The number of amides is 1. The van der Waals surface area contributed by atoms with Gasteiger partial charge in [0.25, 0.3) is 0 Å². The predicted molar refractivity (Wildman–Crippen MR) is 59.6 cm³/mol. The van der Waals surface area contributed by atoms with Gasteiger partial charge in [0.1, 0.15) is 5.49 Å². The summed E-state index contributed by atoms with van der Waals surface area (Å²) in [5.74, 6) is 0. The number of rotatable bonds is 2. The zero-order valence-electron chi connectivity index (χ0n) is 7.29. The lowest BCUT2D eigenvalue weighted by molar-refractivity contribution is 0.206. The summed E-state index contributed by atoms with van der Waals surface area (Å²) in [6.45, 7) is 0. The van der Waals surface area contributed by atoms with Crippen molar-refractivity contribution in [2.75, 3.05) is 4.90 Å². The molecule has 80 valence electrons. The van der Waals surface area contributed by atoms with Gasteiger partial charge in [0.05, 0.1) is 5.69 Å². The van der Waals surface area contributed by atoms with Crippen LogP contribution < -0.4 is 4.90 Å². The van der Waals surface area contributed by atoms with E-state index in [0.717, 1.165) is 4.47 Å². The lowest BCUT2D eigenvalue weighted by Crippen LogP contribution is -2.27. The summed E-state index contributed by atoms with van der Waals surface area (Å²) in [6, 6.07) is 6.21. The molecule has 1 aromatic carbocycles. The van der Waals surface area contributed by atoms with Gasteiger partial charge in [-0.25, -0.2) is 9.69 Å². The summed E-state index contributed by atoms with van der Waals surface area (Å²) >= 11 is 3.18. The third kappa shape index (κ3) is 3.37. The summed E-state index contributed by atoms with van der Waals surface area (Å²) in [5, 5.41) is 8.75. The van der Waals surface area contributed by atoms with Crippen molar-refractivity contribution in [2.45, 2.75) is 0 Å². The quantitative estimate of drug-likeness (QED) is 0.840. The average Bonchev–Trinajstić information content (AvgIpc) is 2.15. The first-order valence-corrected chi connectivity index (χ1v) is 5.64. The van der Waals surface area contributed by atoms with Crippen molar-refractivity contribution in [3.8, 4) is 0 Å². The Morgan fingerprint density at radius 2 is 1.87 bits per heavy atom. The summed E-state index contributed by atoms with van der Waals surface area (Å²) in [5.41, 5.74) is 0.848. The number of carbonyl (C=O) groups is 1. The van der Waals surface area contributed by atoms with E-state index in [4.69, 9.17) is 5.11 Å². The second-order valence-electron chi connectivity index (χ2n) is 2.49. The van der Waals surface area contributed by atoms with Crippen LogP contribution in [0.25, 0.3) is 0 Å². The highest BCUT2D eigenvalue weighted by Crippen LogP contribution is 2.17. The van der Waals surface area contributed by atoms with E-state index in [9.17, 15) is 13.2 Å². The first-order valence-electron chi connectivity index (χ1n) is 3.71. The summed E-state index contributed by atoms with van der Waals surface area (Å²) in [7, 11) is -2.56. The van der Waals surface area contributed by atoms with Gasteiger partial charge in [-0.05, 0) is 24.3 Å². The van der Waals surface area contributed by atoms with Crippen LogP contribution in [0.4, 0.5) is 10.5 Å². The van der Waals surface area contributed by atoms with Crippen molar-refractivity contribution in [1.29, 1.82) is 0 Å². The van der Waals surface area contributed by atoms with Crippen LogP contribution in [0.2, 0.25) is 0 Å². The molecule has 0 radical (unpaired) electrons. The molecule has 0 unspecified atom stereocenters. The molecule has 0 aliphatic rings. The Bertz CT molecular complexity index is 486. The summed E-state index contributed by atoms with van der Waals surface area (Å²) in [6.07, 6.45) is -1.36. The molecule has 0 aromatic heterocycles. The first kappa shape index (κ1) is 11.7. The van der Waals surface area contributed by atoms with Gasteiger partial charge in [-0.3, -0.25) is 0 Å². The fraction of sp³-hybridized carbons (Fsp3) is 0. The van der Waals surface area contributed by atoms with E-state index in [1.807, 2.05) is 0 Å². The Morgan fingerprint density at radius 1 is 1.33 bits per heavy atom. The number of anilines is 1. The standard InChI is InChI=1S/C8H6BrNO4S/c9-6-1-3-7(4-2-6)10(8(11)12)5-15(13)14/h1-5H,(H,11,12). The minimum atomic E-state index is -2.56. The number of halogens is 1. The van der Waals surface area contributed by atoms with Gasteiger partial charge in [0.2, 0.25) is 10.3 Å². The van der Waals surface area contributed by atoms with E-state index in [1.54, 1.807) is 12.1 Å². The van der Waals surface area contributed by atoms with Crippen molar-refractivity contribution < 1.29 is 18.3 Å². The molecule has 0 spiro atoms. The molecular weight excluding hydrogens is 286 g/mol. The number of carboxylic acid groups (broad SMARTS) is 1. The van der Waals surface area contributed by atoms with Crippen molar-refractivity contribution in [3.63, 3.8) is 0 Å². The Balaban J connectivity index is 3.16. The molecule has 0 atom stereocenters. The third-order valence-electron chi connectivity index (χ3n) is 1.50. The molecule has 1 amide bonds. The van der Waals surface area contributed by atoms with Gasteiger partial charge in [0, 0.05) is 4.47 Å². The molecule has 0 fully saturated rings. The molecule has 0 saturated heterocycles. The van der Waals surface area contributed by atoms with Crippen molar-refractivity contribution in [3.05, 3.63) is 28.7 Å². The predicted octanol–water partition coefficient (Wildman–Crippen LogP) is 1.57. The number of benzene rings is 1. The van der Waals surface area contributed by atoms with E-state index in [2.05, 4.69) is 15.9 Å². The topological polar surface area (TPSA) is 74.7 Å². The number of nitrogens with zero attached hydrogens (tertiary/aromatic N) is 1. The Morgan fingerprint density at radius 3 is 2.27 bits per heavy atom. The molecule has 0 heterocycles. The van der Waals surface area contributed by atoms with Crippen LogP contribution in [0, 0.1) is 0 Å². The molecule has 0 saturated carbocycles. The van der Waals surface area contributed by atoms with E-state index in [0.29, 0.717) is 10.4 Å². The fourth-order valence-corrected chi connectivity index (χ4v) is 1.55. The van der Waals surface area contributed by atoms with Crippen molar-refractivity contribution in [1.82, 2.24) is 0 Å². The van der Waals surface area contributed by atoms with Crippen LogP contribution in [-0.2, 0) is 10.3 Å². The van der Waals surface area contributed by atoms with Gasteiger partial charge >= 0.3 is 6.09 Å². The van der Waals surface area contributed by atoms with Crippen molar-refractivity contribution >= 4 is 43.5 Å². The van der Waals surface area contributed by atoms with Crippen LogP contribution >= 0.6 is 15.9 Å². The van der Waals surface area contributed by atoms with Crippen LogP contribution in [0.1, 0.15) is 0 Å². The molecule has 1 aromatic rings. The monoisotopic (exact) mass is 291 g/mol. The lowest BCUT2D eigenvalue weighted by Gasteiger charge is -2.11. The minimum Gasteiger partial charge on any atom is -0.464 e. The number of hydrogen-bond donors (Lipinski definition) is 1. The molecule has 7 heteroatoms. The van der Waals surface area contributed by atoms with Crippen LogP contribution in [-0.4, -0.2) is 25.1 Å². The van der Waals surface area contributed by atoms with E-state index in [-0.39, 0.29) is 5.69 Å². The van der Waals surface area contributed by atoms with Gasteiger partial charge in [-0.2, -0.15) is 8.42 Å². The molecule has 0 bridgehead atoms. The zero-order valence-corrected chi connectivity index (χ0v) is 9.69. The highest BCUT2D eigenvalue weighted by Gasteiger charge is 2.11. The van der Waals surface area contributed by atoms with Gasteiger partial charge in [-0.15, -0.1) is 0 Å². The first-order chi connectivity index (χ1) is 7.00. The maximum absolute atomic E-state index is 10.7. The maximum atomic E-state index is 10.7. The van der Waals surface area contributed by atoms with Crippen LogP contribution in [0.15, 0.2) is 28.7 Å². The molecular formula is C8H6BrNO4S. The molecule has 1 N–H and O–H groups in total. The lowest BCUT2D eigenvalue weighted by atomic mass is 10.3. The molecule has 0 aliphatic heterocycles. The summed E-state index contributed by atoms with van der Waals surface area (Å²) in [4.78, 5) is 11.4. The maximum Gasteiger partial charge on any atom is 0.416 e. The normalized spacial score (nSPS) is 9.40.